The van der Waals surface area contributed by atoms with E-state index in [9.17, 15) is 14.4 Å². The molecule has 2 aliphatic rings. The molecule has 2 aliphatic heterocycles. The fourth-order valence-corrected chi connectivity index (χ4v) is 3.21. The summed E-state index contributed by atoms with van der Waals surface area (Å²) in [5, 5.41) is 0. The molecule has 8 nitrogen and oxygen atoms in total. The lowest BCUT2D eigenvalue weighted by Gasteiger charge is -2.22. The molecule has 0 aliphatic carbocycles. The molecular weight excluding hydrogens is 362 g/mol. The van der Waals surface area contributed by atoms with Crippen LogP contribution in [0.3, 0.4) is 0 Å². The molecular formula is C20H19N3O5. The van der Waals surface area contributed by atoms with Gasteiger partial charge in [0.25, 0.3) is 5.91 Å². The second-order valence-corrected chi connectivity index (χ2v) is 6.54. The highest BCUT2D eigenvalue weighted by atomic mass is 16.6. The van der Waals surface area contributed by atoms with Crippen LogP contribution in [0.1, 0.15) is 16.8 Å². The summed E-state index contributed by atoms with van der Waals surface area (Å²) < 4.78 is 11.0. The third-order valence-corrected chi connectivity index (χ3v) is 4.67. The number of carbonyl (C=O) groups excluding carboxylic acids is 3. The fourth-order valence-electron chi connectivity index (χ4n) is 3.21. The standard InChI is InChI=1S/C20H19N3O5/c24-18-10-14(20(26)22-21-19(25)13-4-2-1-3-5-13)12-23(18)15-6-7-16-17(11-15)28-9-8-27-16/h1-7,11,14H,8-10,12H2,(H,21,25)(H,22,26). The van der Waals surface area contributed by atoms with E-state index in [1.807, 2.05) is 0 Å². The molecule has 0 aromatic heterocycles. The van der Waals surface area contributed by atoms with Crippen LogP contribution < -0.4 is 25.2 Å². The van der Waals surface area contributed by atoms with E-state index in [0.717, 1.165) is 0 Å². The predicted molar refractivity (Wildman–Crippen MR) is 99.9 cm³/mol. The SMILES string of the molecule is O=C(NNC(=O)C1CC(=O)N(c2ccc3c(c2)OCCO3)C1)c1ccccc1. The summed E-state index contributed by atoms with van der Waals surface area (Å²) in [7, 11) is 0. The highest BCUT2D eigenvalue weighted by molar-refractivity contribution is 6.01. The van der Waals surface area contributed by atoms with E-state index in [2.05, 4.69) is 10.9 Å². The summed E-state index contributed by atoms with van der Waals surface area (Å²) in [4.78, 5) is 38.4. The second kappa shape index (κ2) is 7.59. The molecule has 1 unspecified atom stereocenters. The Morgan fingerprint density at radius 3 is 2.50 bits per heavy atom. The lowest BCUT2D eigenvalue weighted by molar-refractivity contribution is -0.126. The average Bonchev–Trinajstić information content (AvgIpc) is 3.13. The Balaban J connectivity index is 1.37. The van der Waals surface area contributed by atoms with Crippen molar-refractivity contribution in [1.29, 1.82) is 0 Å². The molecule has 2 N–H and O–H groups in total. The number of ether oxygens (including phenoxy) is 2. The summed E-state index contributed by atoms with van der Waals surface area (Å²) in [5.74, 6) is -0.318. The number of nitrogens with zero attached hydrogens (tertiary/aromatic N) is 1. The first-order chi connectivity index (χ1) is 13.6. The first-order valence-corrected chi connectivity index (χ1v) is 8.97. The summed E-state index contributed by atoms with van der Waals surface area (Å²) >= 11 is 0. The predicted octanol–water partition coefficient (Wildman–Crippen LogP) is 1.27. The van der Waals surface area contributed by atoms with Crippen LogP contribution in [0.4, 0.5) is 5.69 Å². The molecule has 2 heterocycles. The van der Waals surface area contributed by atoms with Gasteiger partial charge >= 0.3 is 0 Å². The Bertz CT molecular complexity index is 915. The maximum atomic E-state index is 12.4. The van der Waals surface area contributed by atoms with E-state index in [-0.39, 0.29) is 18.9 Å². The van der Waals surface area contributed by atoms with Gasteiger partial charge in [-0.25, -0.2) is 0 Å². The number of hydrogen-bond acceptors (Lipinski definition) is 5. The van der Waals surface area contributed by atoms with Gasteiger partial charge < -0.3 is 14.4 Å². The number of carbonyl (C=O) groups is 3. The third kappa shape index (κ3) is 3.62. The van der Waals surface area contributed by atoms with Crippen LogP contribution in [-0.4, -0.2) is 37.5 Å². The van der Waals surface area contributed by atoms with Crippen molar-refractivity contribution in [3.8, 4) is 11.5 Å². The topological polar surface area (TPSA) is 97.0 Å². The lowest BCUT2D eigenvalue weighted by atomic mass is 10.1. The van der Waals surface area contributed by atoms with E-state index in [0.29, 0.717) is 36.0 Å². The van der Waals surface area contributed by atoms with Crippen LogP contribution in [0.5, 0.6) is 11.5 Å². The molecule has 1 fully saturated rings. The van der Waals surface area contributed by atoms with E-state index >= 15 is 0 Å². The van der Waals surface area contributed by atoms with Gasteiger partial charge in [0.2, 0.25) is 11.8 Å². The van der Waals surface area contributed by atoms with Crippen LogP contribution in [0.2, 0.25) is 0 Å². The van der Waals surface area contributed by atoms with Crippen molar-refractivity contribution in [2.75, 3.05) is 24.7 Å². The molecule has 2 aromatic carbocycles. The molecule has 0 radical (unpaired) electrons. The van der Waals surface area contributed by atoms with Gasteiger partial charge in [-0.05, 0) is 24.3 Å². The largest absolute Gasteiger partial charge is 0.486 e. The maximum absolute atomic E-state index is 12.4. The Morgan fingerprint density at radius 1 is 0.964 bits per heavy atom. The summed E-state index contributed by atoms with van der Waals surface area (Å²) in [6, 6.07) is 13.8. The summed E-state index contributed by atoms with van der Waals surface area (Å²) in [6.07, 6.45) is 0.0709. The van der Waals surface area contributed by atoms with E-state index in [1.165, 1.54) is 0 Å². The van der Waals surface area contributed by atoms with Crippen molar-refractivity contribution in [3.63, 3.8) is 0 Å². The van der Waals surface area contributed by atoms with Gasteiger partial charge in [0, 0.05) is 30.3 Å². The molecule has 1 atom stereocenters. The molecule has 0 bridgehead atoms. The Hall–Kier alpha value is -3.55. The Labute approximate surface area is 161 Å². The molecule has 0 spiro atoms. The second-order valence-electron chi connectivity index (χ2n) is 6.54. The van der Waals surface area contributed by atoms with Crippen molar-refractivity contribution in [2.24, 2.45) is 5.92 Å². The lowest BCUT2D eigenvalue weighted by Crippen LogP contribution is -2.45. The minimum Gasteiger partial charge on any atom is -0.486 e. The number of nitrogens with one attached hydrogen (secondary N) is 2. The number of amides is 3. The number of benzene rings is 2. The molecule has 1 saturated heterocycles. The molecule has 4 rings (SSSR count). The zero-order chi connectivity index (χ0) is 19.5. The maximum Gasteiger partial charge on any atom is 0.269 e. The van der Waals surface area contributed by atoms with Gasteiger partial charge in [0.15, 0.2) is 11.5 Å². The van der Waals surface area contributed by atoms with Gasteiger partial charge in [-0.2, -0.15) is 0 Å². The Kier molecular flexibility index (Phi) is 4.84. The average molecular weight is 381 g/mol. The van der Waals surface area contributed by atoms with Crippen LogP contribution in [0.25, 0.3) is 0 Å². The smallest absolute Gasteiger partial charge is 0.269 e. The highest BCUT2D eigenvalue weighted by Crippen LogP contribution is 2.35. The summed E-state index contributed by atoms with van der Waals surface area (Å²) in [6.45, 7) is 1.17. The zero-order valence-electron chi connectivity index (χ0n) is 15.0. The number of fused-ring (bicyclic) bond motifs is 1. The third-order valence-electron chi connectivity index (χ3n) is 4.67. The van der Waals surface area contributed by atoms with Gasteiger partial charge in [-0.15, -0.1) is 0 Å². The normalized spacial score (nSPS) is 17.9. The van der Waals surface area contributed by atoms with Crippen molar-refractivity contribution in [3.05, 3.63) is 54.1 Å². The van der Waals surface area contributed by atoms with Crippen molar-refractivity contribution < 1.29 is 23.9 Å². The van der Waals surface area contributed by atoms with Crippen molar-refractivity contribution in [2.45, 2.75) is 6.42 Å². The number of anilines is 1. The Morgan fingerprint density at radius 2 is 1.71 bits per heavy atom. The minimum atomic E-state index is -0.559. The fraction of sp³-hybridized carbons (Fsp3) is 0.250. The number of rotatable bonds is 3. The molecule has 8 heteroatoms. The first kappa shape index (κ1) is 17.8. The van der Waals surface area contributed by atoms with Gasteiger partial charge in [-0.3, -0.25) is 25.2 Å². The number of hydrogen-bond donors (Lipinski definition) is 2. The van der Waals surface area contributed by atoms with Gasteiger partial charge in [-0.1, -0.05) is 18.2 Å². The molecule has 3 amide bonds. The van der Waals surface area contributed by atoms with Crippen LogP contribution in [0, 0.1) is 5.92 Å². The van der Waals surface area contributed by atoms with Crippen LogP contribution >= 0.6 is 0 Å². The van der Waals surface area contributed by atoms with Crippen molar-refractivity contribution >= 4 is 23.4 Å². The van der Waals surface area contributed by atoms with Gasteiger partial charge in [0.1, 0.15) is 13.2 Å². The number of hydrazine groups is 1. The van der Waals surface area contributed by atoms with Crippen LogP contribution in [-0.2, 0) is 9.59 Å². The zero-order valence-corrected chi connectivity index (χ0v) is 15.0. The summed E-state index contributed by atoms with van der Waals surface area (Å²) in [5.41, 5.74) is 5.87. The van der Waals surface area contributed by atoms with Crippen LogP contribution in [0.15, 0.2) is 48.5 Å². The van der Waals surface area contributed by atoms with E-state index in [4.69, 9.17) is 9.47 Å². The van der Waals surface area contributed by atoms with E-state index in [1.54, 1.807) is 53.4 Å². The molecule has 144 valence electrons. The minimum absolute atomic E-state index is 0.0709. The molecule has 0 saturated carbocycles. The quantitative estimate of drug-likeness (QED) is 0.781. The molecule has 28 heavy (non-hydrogen) atoms. The van der Waals surface area contributed by atoms with E-state index < -0.39 is 17.7 Å². The van der Waals surface area contributed by atoms with Crippen molar-refractivity contribution in [1.82, 2.24) is 10.9 Å². The highest BCUT2D eigenvalue weighted by Gasteiger charge is 2.35. The molecule has 2 aromatic rings. The monoisotopic (exact) mass is 381 g/mol. The van der Waals surface area contributed by atoms with Gasteiger partial charge in [0.05, 0.1) is 5.92 Å². The first-order valence-electron chi connectivity index (χ1n) is 8.97.